The molecule has 27 heavy (non-hydrogen) atoms. The first-order valence-electron chi connectivity index (χ1n) is 8.94. The summed E-state index contributed by atoms with van der Waals surface area (Å²) < 4.78 is 5.45. The van der Waals surface area contributed by atoms with Crippen molar-refractivity contribution < 1.29 is 9.53 Å². The van der Waals surface area contributed by atoms with Gasteiger partial charge in [0.15, 0.2) is 6.61 Å². The lowest BCUT2D eigenvalue weighted by Gasteiger charge is -2.05. The Morgan fingerprint density at radius 1 is 0.926 bits per heavy atom. The lowest BCUT2D eigenvalue weighted by Crippen LogP contribution is -2.24. The second kappa shape index (κ2) is 9.34. The molecule has 0 aliphatic carbocycles. The molecule has 3 aromatic carbocycles. The minimum atomic E-state index is -0.299. The standard InChI is InChI=1S/C23H22N2O2/c1-2-18-10-14-22(15-11-18)27-17-23(26)25-24-16-19-8-12-21(13-9-19)20-6-4-3-5-7-20/h3-16H,2,17H2,1H3,(H,25,26)/b24-16+. The SMILES string of the molecule is CCc1ccc(OCC(=O)N/N=C/c2ccc(-c3ccccc3)cc2)cc1. The van der Waals surface area contributed by atoms with Gasteiger partial charge < -0.3 is 4.74 Å². The summed E-state index contributed by atoms with van der Waals surface area (Å²) in [5.41, 5.74) is 6.92. The number of hydrogen-bond donors (Lipinski definition) is 1. The molecule has 0 spiro atoms. The lowest BCUT2D eigenvalue weighted by atomic mass is 10.0. The molecule has 1 amide bonds. The number of nitrogens with zero attached hydrogens (tertiary/aromatic N) is 1. The Hall–Kier alpha value is -3.40. The van der Waals surface area contributed by atoms with Crippen molar-refractivity contribution in [2.75, 3.05) is 6.61 Å². The third-order valence-corrected chi connectivity index (χ3v) is 4.12. The van der Waals surface area contributed by atoms with Crippen LogP contribution in [-0.2, 0) is 11.2 Å². The number of hydrazone groups is 1. The van der Waals surface area contributed by atoms with Gasteiger partial charge in [-0.3, -0.25) is 4.79 Å². The largest absolute Gasteiger partial charge is 0.484 e. The van der Waals surface area contributed by atoms with E-state index in [-0.39, 0.29) is 12.5 Å². The van der Waals surface area contributed by atoms with Crippen molar-refractivity contribution in [3.05, 3.63) is 90.0 Å². The highest BCUT2D eigenvalue weighted by Crippen LogP contribution is 2.18. The van der Waals surface area contributed by atoms with Gasteiger partial charge in [0.2, 0.25) is 0 Å². The second-order valence-electron chi connectivity index (χ2n) is 6.07. The van der Waals surface area contributed by atoms with Crippen LogP contribution in [0.2, 0.25) is 0 Å². The first-order chi connectivity index (χ1) is 13.2. The maximum Gasteiger partial charge on any atom is 0.277 e. The zero-order chi connectivity index (χ0) is 18.9. The average Bonchev–Trinajstić information content (AvgIpc) is 2.74. The van der Waals surface area contributed by atoms with Gasteiger partial charge in [-0.05, 0) is 40.8 Å². The fraction of sp³-hybridized carbons (Fsp3) is 0.130. The number of ether oxygens (including phenoxy) is 1. The van der Waals surface area contributed by atoms with Crippen LogP contribution in [0.15, 0.2) is 84.0 Å². The molecule has 0 fully saturated rings. The van der Waals surface area contributed by atoms with Crippen molar-refractivity contribution in [3.63, 3.8) is 0 Å². The van der Waals surface area contributed by atoms with E-state index < -0.39 is 0 Å². The van der Waals surface area contributed by atoms with Crippen LogP contribution < -0.4 is 10.2 Å². The molecular weight excluding hydrogens is 336 g/mol. The van der Waals surface area contributed by atoms with Crippen molar-refractivity contribution in [3.8, 4) is 16.9 Å². The molecule has 0 aliphatic rings. The van der Waals surface area contributed by atoms with Crippen LogP contribution in [0, 0.1) is 0 Å². The quantitative estimate of drug-likeness (QED) is 0.501. The molecule has 0 aliphatic heterocycles. The first kappa shape index (κ1) is 18.4. The van der Waals surface area contributed by atoms with Crippen LogP contribution in [0.25, 0.3) is 11.1 Å². The van der Waals surface area contributed by atoms with Crippen molar-refractivity contribution in [2.45, 2.75) is 13.3 Å². The Balaban J connectivity index is 1.47. The predicted molar refractivity (Wildman–Crippen MR) is 109 cm³/mol. The summed E-state index contributed by atoms with van der Waals surface area (Å²) in [5, 5.41) is 3.98. The van der Waals surface area contributed by atoms with E-state index in [1.165, 1.54) is 11.1 Å². The molecule has 4 heteroatoms. The molecular formula is C23H22N2O2. The summed E-state index contributed by atoms with van der Waals surface area (Å²) in [6.45, 7) is 2.02. The van der Waals surface area contributed by atoms with Crippen molar-refractivity contribution >= 4 is 12.1 Å². The number of hydrogen-bond acceptors (Lipinski definition) is 3. The van der Waals surface area contributed by atoms with Crippen molar-refractivity contribution in [1.29, 1.82) is 0 Å². The van der Waals surface area contributed by atoms with Gasteiger partial charge in [0.05, 0.1) is 6.21 Å². The normalized spacial score (nSPS) is 10.7. The van der Waals surface area contributed by atoms with E-state index in [4.69, 9.17) is 4.74 Å². The summed E-state index contributed by atoms with van der Waals surface area (Å²) in [4.78, 5) is 11.8. The van der Waals surface area contributed by atoms with Crippen LogP contribution >= 0.6 is 0 Å². The predicted octanol–water partition coefficient (Wildman–Crippen LogP) is 4.45. The number of carbonyl (C=O) groups is 1. The number of rotatable bonds is 7. The highest BCUT2D eigenvalue weighted by atomic mass is 16.5. The monoisotopic (exact) mass is 358 g/mol. The van der Waals surface area contributed by atoms with Crippen LogP contribution in [0.4, 0.5) is 0 Å². The van der Waals surface area contributed by atoms with Gasteiger partial charge >= 0.3 is 0 Å². The highest BCUT2D eigenvalue weighted by Gasteiger charge is 2.01. The van der Waals surface area contributed by atoms with E-state index >= 15 is 0 Å². The summed E-state index contributed by atoms with van der Waals surface area (Å²) in [6.07, 6.45) is 2.59. The van der Waals surface area contributed by atoms with Gasteiger partial charge in [-0.2, -0.15) is 5.10 Å². The third-order valence-electron chi connectivity index (χ3n) is 4.12. The maximum absolute atomic E-state index is 11.8. The summed E-state index contributed by atoms with van der Waals surface area (Å²) >= 11 is 0. The Labute approximate surface area is 159 Å². The van der Waals surface area contributed by atoms with Gasteiger partial charge in [-0.1, -0.05) is 73.7 Å². The maximum atomic E-state index is 11.8. The fourth-order valence-electron chi connectivity index (χ4n) is 2.57. The van der Waals surface area contributed by atoms with Crippen molar-refractivity contribution in [1.82, 2.24) is 5.43 Å². The third kappa shape index (κ3) is 5.54. The lowest BCUT2D eigenvalue weighted by molar-refractivity contribution is -0.123. The Kier molecular flexibility index (Phi) is 6.36. The Morgan fingerprint density at radius 3 is 2.26 bits per heavy atom. The van der Waals surface area contributed by atoms with Gasteiger partial charge in [-0.15, -0.1) is 0 Å². The molecule has 0 saturated heterocycles. The smallest absolute Gasteiger partial charge is 0.277 e. The number of nitrogens with one attached hydrogen (secondary N) is 1. The van der Waals surface area contributed by atoms with Crippen LogP contribution in [0.3, 0.4) is 0 Å². The molecule has 0 unspecified atom stereocenters. The van der Waals surface area contributed by atoms with Crippen LogP contribution in [-0.4, -0.2) is 18.7 Å². The molecule has 0 atom stereocenters. The number of benzene rings is 3. The molecule has 3 aromatic rings. The van der Waals surface area contributed by atoms with Gasteiger partial charge in [0.25, 0.3) is 5.91 Å². The zero-order valence-electron chi connectivity index (χ0n) is 15.3. The summed E-state index contributed by atoms with van der Waals surface area (Å²) in [7, 11) is 0. The number of carbonyl (C=O) groups excluding carboxylic acids is 1. The van der Waals surface area contributed by atoms with E-state index in [1.54, 1.807) is 6.21 Å². The molecule has 0 heterocycles. The Bertz CT molecular complexity index is 886. The summed E-state index contributed by atoms with van der Waals surface area (Å²) in [5.74, 6) is 0.370. The van der Waals surface area contributed by atoms with E-state index in [0.717, 1.165) is 17.5 Å². The van der Waals surface area contributed by atoms with E-state index in [9.17, 15) is 4.79 Å². The van der Waals surface area contributed by atoms with E-state index in [2.05, 4.69) is 29.6 Å². The van der Waals surface area contributed by atoms with E-state index in [0.29, 0.717) is 5.75 Å². The molecule has 0 saturated carbocycles. The first-order valence-corrected chi connectivity index (χ1v) is 8.94. The molecule has 1 N–H and O–H groups in total. The summed E-state index contributed by atoms with van der Waals surface area (Å²) in [6, 6.07) is 25.9. The molecule has 4 nitrogen and oxygen atoms in total. The molecule has 136 valence electrons. The topological polar surface area (TPSA) is 50.7 Å². The van der Waals surface area contributed by atoms with Gasteiger partial charge in [0.1, 0.15) is 5.75 Å². The fourth-order valence-corrected chi connectivity index (χ4v) is 2.57. The average molecular weight is 358 g/mol. The molecule has 0 radical (unpaired) electrons. The highest BCUT2D eigenvalue weighted by molar-refractivity contribution is 5.83. The molecule has 0 aromatic heterocycles. The molecule has 3 rings (SSSR count). The number of aryl methyl sites for hydroxylation is 1. The van der Waals surface area contributed by atoms with Crippen molar-refractivity contribution in [2.24, 2.45) is 5.10 Å². The second-order valence-corrected chi connectivity index (χ2v) is 6.07. The minimum Gasteiger partial charge on any atom is -0.484 e. The minimum absolute atomic E-state index is 0.0737. The van der Waals surface area contributed by atoms with E-state index in [1.807, 2.05) is 66.7 Å². The number of amides is 1. The molecule has 0 bridgehead atoms. The zero-order valence-corrected chi connectivity index (χ0v) is 15.3. The van der Waals surface area contributed by atoms with Crippen LogP contribution in [0.5, 0.6) is 5.75 Å². The van der Waals surface area contributed by atoms with Crippen LogP contribution in [0.1, 0.15) is 18.1 Å². The van der Waals surface area contributed by atoms with Gasteiger partial charge in [-0.25, -0.2) is 5.43 Å². The Morgan fingerprint density at radius 2 is 1.59 bits per heavy atom. The van der Waals surface area contributed by atoms with Gasteiger partial charge in [0, 0.05) is 0 Å².